The van der Waals surface area contributed by atoms with E-state index < -0.39 is 0 Å². The van der Waals surface area contributed by atoms with Gasteiger partial charge < -0.3 is 10.6 Å². The first-order valence-electron chi connectivity index (χ1n) is 6.94. The van der Waals surface area contributed by atoms with E-state index >= 15 is 0 Å². The van der Waals surface area contributed by atoms with E-state index in [4.69, 9.17) is 0 Å². The number of carbonyl (C=O) groups is 1. The van der Waals surface area contributed by atoms with E-state index in [2.05, 4.69) is 22.8 Å². The second kappa shape index (κ2) is 6.40. The summed E-state index contributed by atoms with van der Waals surface area (Å²) >= 11 is 0. The van der Waals surface area contributed by atoms with Crippen molar-refractivity contribution < 1.29 is 4.79 Å². The quantitative estimate of drug-likeness (QED) is 0.893. The number of hydrogen-bond acceptors (Lipinski definition) is 2. The van der Waals surface area contributed by atoms with Gasteiger partial charge in [-0.05, 0) is 55.8 Å². The molecule has 1 saturated heterocycles. The molecule has 2 N–H and O–H groups in total. The molecule has 1 heterocycles. The van der Waals surface area contributed by atoms with Gasteiger partial charge >= 0.3 is 0 Å². The van der Waals surface area contributed by atoms with Gasteiger partial charge in [-0.3, -0.25) is 4.79 Å². The van der Waals surface area contributed by atoms with Gasteiger partial charge in [0.15, 0.2) is 0 Å². The molecule has 1 aromatic rings. The summed E-state index contributed by atoms with van der Waals surface area (Å²) in [6, 6.07) is 8.57. The summed E-state index contributed by atoms with van der Waals surface area (Å²) in [5.74, 6) is 0.685. The zero-order valence-electron chi connectivity index (χ0n) is 11.0. The Morgan fingerprint density at radius 2 is 1.89 bits per heavy atom. The molecule has 3 rings (SSSR count). The van der Waals surface area contributed by atoms with Gasteiger partial charge in [0.2, 0.25) is 0 Å². The summed E-state index contributed by atoms with van der Waals surface area (Å²) in [7, 11) is 0. The fraction of sp³-hybridized carbons (Fsp3) is 0.533. The SMILES string of the molecule is Cl.O=C(NC1CC1)c1ccc(C2CCCNC2)cc1. The standard InChI is InChI=1S/C15H20N2O.ClH/c18-15(17-14-7-8-14)12-5-3-11(4-6-12)13-2-1-9-16-10-13;/h3-6,13-14,16H,1-2,7-10H2,(H,17,18);1H. The fourth-order valence-corrected chi connectivity index (χ4v) is 2.54. The Bertz CT molecular complexity index is 422. The molecule has 4 heteroatoms. The number of amides is 1. The highest BCUT2D eigenvalue weighted by atomic mass is 35.5. The van der Waals surface area contributed by atoms with E-state index in [1.807, 2.05) is 12.1 Å². The van der Waals surface area contributed by atoms with Crippen molar-refractivity contribution >= 4 is 18.3 Å². The third-order valence-corrected chi connectivity index (χ3v) is 3.85. The van der Waals surface area contributed by atoms with E-state index in [1.165, 1.54) is 18.4 Å². The predicted molar refractivity (Wildman–Crippen MR) is 79.0 cm³/mol. The van der Waals surface area contributed by atoms with Crippen LogP contribution in [0.2, 0.25) is 0 Å². The van der Waals surface area contributed by atoms with Gasteiger partial charge in [0.05, 0.1) is 0 Å². The molecule has 1 unspecified atom stereocenters. The maximum absolute atomic E-state index is 11.9. The first kappa shape index (κ1) is 14.4. The smallest absolute Gasteiger partial charge is 0.251 e. The number of halogens is 1. The number of carbonyl (C=O) groups excluding carboxylic acids is 1. The molecule has 1 atom stereocenters. The molecule has 2 fully saturated rings. The van der Waals surface area contributed by atoms with Crippen LogP contribution in [0.1, 0.15) is 47.5 Å². The van der Waals surface area contributed by atoms with Crippen LogP contribution in [0.5, 0.6) is 0 Å². The second-order valence-corrected chi connectivity index (χ2v) is 5.41. The molecule has 104 valence electrons. The van der Waals surface area contributed by atoms with Crippen molar-refractivity contribution in [3.05, 3.63) is 35.4 Å². The van der Waals surface area contributed by atoms with Crippen LogP contribution in [-0.2, 0) is 0 Å². The highest BCUT2D eigenvalue weighted by Crippen LogP contribution is 2.24. The van der Waals surface area contributed by atoms with Crippen LogP contribution in [0, 0.1) is 0 Å². The Morgan fingerprint density at radius 3 is 2.47 bits per heavy atom. The minimum absolute atomic E-state index is 0. The molecule has 0 aromatic heterocycles. The maximum atomic E-state index is 11.9. The van der Waals surface area contributed by atoms with Gasteiger partial charge in [0, 0.05) is 18.2 Å². The van der Waals surface area contributed by atoms with Crippen molar-refractivity contribution in [2.24, 2.45) is 0 Å². The van der Waals surface area contributed by atoms with Crippen LogP contribution in [0.4, 0.5) is 0 Å². The van der Waals surface area contributed by atoms with Crippen LogP contribution in [0.25, 0.3) is 0 Å². The van der Waals surface area contributed by atoms with E-state index in [9.17, 15) is 4.79 Å². The van der Waals surface area contributed by atoms with Crippen molar-refractivity contribution in [2.45, 2.75) is 37.6 Å². The average molecular weight is 281 g/mol. The maximum Gasteiger partial charge on any atom is 0.251 e. The first-order valence-corrected chi connectivity index (χ1v) is 6.94. The summed E-state index contributed by atoms with van der Waals surface area (Å²) in [5.41, 5.74) is 2.14. The lowest BCUT2D eigenvalue weighted by Gasteiger charge is -2.23. The number of rotatable bonds is 3. The molecular weight excluding hydrogens is 260 g/mol. The zero-order chi connectivity index (χ0) is 12.4. The third kappa shape index (κ3) is 3.71. The summed E-state index contributed by atoms with van der Waals surface area (Å²) < 4.78 is 0. The molecule has 1 amide bonds. The third-order valence-electron chi connectivity index (χ3n) is 3.85. The molecule has 3 nitrogen and oxygen atoms in total. The Kier molecular flexibility index (Phi) is 4.83. The minimum Gasteiger partial charge on any atom is -0.349 e. The summed E-state index contributed by atoms with van der Waals surface area (Å²) in [5, 5.41) is 6.44. The molecule has 0 radical (unpaired) electrons. The van der Waals surface area contributed by atoms with Crippen molar-refractivity contribution in [3.63, 3.8) is 0 Å². The monoisotopic (exact) mass is 280 g/mol. The van der Waals surface area contributed by atoms with Crippen LogP contribution in [0.3, 0.4) is 0 Å². The lowest BCUT2D eigenvalue weighted by atomic mass is 9.91. The number of hydrogen-bond donors (Lipinski definition) is 2. The molecular formula is C15H21ClN2O. The number of piperidine rings is 1. The van der Waals surface area contributed by atoms with E-state index in [1.54, 1.807) is 0 Å². The van der Waals surface area contributed by atoms with Crippen LogP contribution in [-0.4, -0.2) is 25.0 Å². The number of nitrogens with one attached hydrogen (secondary N) is 2. The van der Waals surface area contributed by atoms with E-state index in [0.29, 0.717) is 12.0 Å². The Balaban J connectivity index is 0.00000133. The lowest BCUT2D eigenvalue weighted by Crippen LogP contribution is -2.28. The normalized spacial score (nSPS) is 22.4. The van der Waals surface area contributed by atoms with Crippen molar-refractivity contribution in [1.82, 2.24) is 10.6 Å². The fourth-order valence-electron chi connectivity index (χ4n) is 2.54. The molecule has 0 spiro atoms. The Labute approximate surface area is 120 Å². The summed E-state index contributed by atoms with van der Waals surface area (Å²) in [6.45, 7) is 2.20. The van der Waals surface area contributed by atoms with Crippen molar-refractivity contribution in [3.8, 4) is 0 Å². The summed E-state index contributed by atoms with van der Waals surface area (Å²) in [6.07, 6.45) is 4.77. The first-order chi connectivity index (χ1) is 8.83. The summed E-state index contributed by atoms with van der Waals surface area (Å²) in [4.78, 5) is 11.9. The predicted octanol–water partition coefficient (Wildman–Crippen LogP) is 2.47. The van der Waals surface area contributed by atoms with Gasteiger partial charge in [-0.15, -0.1) is 12.4 Å². The lowest BCUT2D eigenvalue weighted by molar-refractivity contribution is 0.0951. The van der Waals surface area contributed by atoms with Crippen LogP contribution >= 0.6 is 12.4 Å². The average Bonchev–Trinajstić information content (AvgIpc) is 3.24. The van der Waals surface area contributed by atoms with Gasteiger partial charge in [0.1, 0.15) is 0 Å². The highest BCUT2D eigenvalue weighted by Gasteiger charge is 2.23. The molecule has 1 saturated carbocycles. The van der Waals surface area contributed by atoms with Gasteiger partial charge in [-0.1, -0.05) is 12.1 Å². The topological polar surface area (TPSA) is 41.1 Å². The van der Waals surface area contributed by atoms with Gasteiger partial charge in [-0.2, -0.15) is 0 Å². The molecule has 1 aliphatic carbocycles. The number of benzene rings is 1. The van der Waals surface area contributed by atoms with Crippen LogP contribution in [0.15, 0.2) is 24.3 Å². The zero-order valence-corrected chi connectivity index (χ0v) is 11.8. The molecule has 0 bridgehead atoms. The second-order valence-electron chi connectivity index (χ2n) is 5.41. The largest absolute Gasteiger partial charge is 0.349 e. The van der Waals surface area contributed by atoms with Gasteiger partial charge in [0.25, 0.3) is 5.91 Å². The Morgan fingerprint density at radius 1 is 1.16 bits per heavy atom. The van der Waals surface area contributed by atoms with E-state index in [-0.39, 0.29) is 18.3 Å². The van der Waals surface area contributed by atoms with Crippen LogP contribution < -0.4 is 10.6 Å². The van der Waals surface area contributed by atoms with Crippen molar-refractivity contribution in [2.75, 3.05) is 13.1 Å². The molecule has 1 aliphatic heterocycles. The molecule has 1 aromatic carbocycles. The van der Waals surface area contributed by atoms with Gasteiger partial charge in [-0.25, -0.2) is 0 Å². The van der Waals surface area contributed by atoms with Crippen molar-refractivity contribution in [1.29, 1.82) is 0 Å². The minimum atomic E-state index is 0. The Hall–Kier alpha value is -1.06. The highest BCUT2D eigenvalue weighted by molar-refractivity contribution is 5.94. The van der Waals surface area contributed by atoms with E-state index in [0.717, 1.165) is 31.5 Å². The molecule has 19 heavy (non-hydrogen) atoms. The molecule has 2 aliphatic rings.